The summed E-state index contributed by atoms with van der Waals surface area (Å²) in [5, 5.41) is 17.0. The largest absolute Gasteiger partial charge is 0.477 e. The van der Waals surface area contributed by atoms with Crippen LogP contribution in [0.5, 0.6) is 0 Å². The molecule has 2 heterocycles. The number of hydrogen-bond acceptors (Lipinski definition) is 4. The fourth-order valence-corrected chi connectivity index (χ4v) is 3.47. The molecular formula is C19H12ClN3O2S. The summed E-state index contributed by atoms with van der Waals surface area (Å²) in [4.78, 5) is 16.2. The summed E-state index contributed by atoms with van der Waals surface area (Å²) in [6, 6.07) is 18.3. The van der Waals surface area contributed by atoms with Gasteiger partial charge in [0.25, 0.3) is 0 Å². The fraction of sp³-hybridized carbons (Fsp3) is 0. The SMILES string of the molecule is O=C(O)c1cc(-c2ccccc2)nn1-c1nc(-c2ccc(Cl)cc2)cs1. The van der Waals surface area contributed by atoms with Crippen LogP contribution in [0.3, 0.4) is 0 Å². The van der Waals surface area contributed by atoms with Gasteiger partial charge in [0.2, 0.25) is 5.13 Å². The number of aromatic nitrogens is 3. The molecule has 4 aromatic rings. The number of halogens is 1. The quantitative estimate of drug-likeness (QED) is 0.539. The highest BCUT2D eigenvalue weighted by atomic mass is 35.5. The minimum Gasteiger partial charge on any atom is -0.477 e. The molecule has 0 unspecified atom stereocenters. The summed E-state index contributed by atoms with van der Waals surface area (Å²) in [5.41, 5.74) is 3.16. The van der Waals surface area contributed by atoms with Gasteiger partial charge in [0, 0.05) is 21.5 Å². The van der Waals surface area contributed by atoms with Gasteiger partial charge in [-0.3, -0.25) is 0 Å². The highest BCUT2D eigenvalue weighted by Crippen LogP contribution is 2.27. The molecule has 0 amide bonds. The molecule has 0 saturated carbocycles. The molecule has 1 N–H and O–H groups in total. The van der Waals surface area contributed by atoms with Crippen molar-refractivity contribution >= 4 is 28.9 Å². The average Bonchev–Trinajstić information content (AvgIpc) is 3.30. The third-order valence-electron chi connectivity index (χ3n) is 3.81. The molecule has 0 saturated heterocycles. The zero-order valence-electron chi connectivity index (χ0n) is 13.3. The van der Waals surface area contributed by atoms with Gasteiger partial charge >= 0.3 is 5.97 Å². The van der Waals surface area contributed by atoms with E-state index in [-0.39, 0.29) is 5.69 Å². The first kappa shape index (κ1) is 16.5. The van der Waals surface area contributed by atoms with Crippen molar-refractivity contribution in [2.75, 3.05) is 0 Å². The lowest BCUT2D eigenvalue weighted by Gasteiger charge is -1.99. The zero-order chi connectivity index (χ0) is 18.1. The molecule has 0 spiro atoms. The number of aromatic carboxylic acids is 1. The number of hydrogen-bond donors (Lipinski definition) is 1. The Bertz CT molecular complexity index is 1070. The Kier molecular flexibility index (Phi) is 4.28. The molecule has 26 heavy (non-hydrogen) atoms. The first-order valence-corrected chi connectivity index (χ1v) is 8.98. The second kappa shape index (κ2) is 6.74. The smallest absolute Gasteiger partial charge is 0.354 e. The Morgan fingerprint density at radius 3 is 2.38 bits per heavy atom. The third kappa shape index (κ3) is 3.12. The summed E-state index contributed by atoms with van der Waals surface area (Å²) in [6.07, 6.45) is 0. The number of carbonyl (C=O) groups is 1. The van der Waals surface area contributed by atoms with E-state index in [1.807, 2.05) is 47.8 Å². The summed E-state index contributed by atoms with van der Waals surface area (Å²) >= 11 is 7.25. The second-order valence-electron chi connectivity index (χ2n) is 5.52. The van der Waals surface area contributed by atoms with E-state index in [1.54, 1.807) is 18.2 Å². The number of benzene rings is 2. The predicted octanol–water partition coefficient (Wildman–Crippen LogP) is 5.01. The van der Waals surface area contributed by atoms with Crippen LogP contribution in [0.4, 0.5) is 0 Å². The average molecular weight is 382 g/mol. The maximum absolute atomic E-state index is 11.7. The Hall–Kier alpha value is -2.96. The molecule has 5 nitrogen and oxygen atoms in total. The minimum atomic E-state index is -1.05. The highest BCUT2D eigenvalue weighted by Gasteiger charge is 2.19. The van der Waals surface area contributed by atoms with Crippen LogP contribution in [0.25, 0.3) is 27.6 Å². The van der Waals surface area contributed by atoms with E-state index in [0.717, 1.165) is 16.8 Å². The van der Waals surface area contributed by atoms with Crippen LogP contribution in [0, 0.1) is 0 Å². The molecule has 0 fully saturated rings. The van der Waals surface area contributed by atoms with Gasteiger partial charge in [-0.25, -0.2) is 9.78 Å². The first-order valence-electron chi connectivity index (χ1n) is 7.72. The van der Waals surface area contributed by atoms with Gasteiger partial charge in [0.1, 0.15) is 0 Å². The Labute approximate surface area is 158 Å². The van der Waals surface area contributed by atoms with Crippen molar-refractivity contribution in [2.24, 2.45) is 0 Å². The van der Waals surface area contributed by atoms with Gasteiger partial charge in [0.05, 0.1) is 11.4 Å². The summed E-state index contributed by atoms with van der Waals surface area (Å²) in [5.74, 6) is -1.05. The van der Waals surface area contributed by atoms with Crippen molar-refractivity contribution in [2.45, 2.75) is 0 Å². The van der Waals surface area contributed by atoms with Crippen LogP contribution in [-0.4, -0.2) is 25.8 Å². The summed E-state index contributed by atoms with van der Waals surface area (Å²) < 4.78 is 1.37. The standard InChI is InChI=1S/C19H12ClN3O2S/c20-14-8-6-13(7-9-14)16-11-26-19(21-16)23-17(18(24)25)10-15(22-23)12-4-2-1-3-5-12/h1-11H,(H,24,25). The second-order valence-corrected chi connectivity index (χ2v) is 6.79. The maximum Gasteiger partial charge on any atom is 0.354 e. The van der Waals surface area contributed by atoms with Gasteiger partial charge in [-0.15, -0.1) is 11.3 Å². The molecule has 0 bridgehead atoms. The van der Waals surface area contributed by atoms with Crippen molar-refractivity contribution < 1.29 is 9.90 Å². The molecule has 0 aliphatic carbocycles. The number of carboxylic acids is 1. The maximum atomic E-state index is 11.7. The monoisotopic (exact) mass is 381 g/mol. The summed E-state index contributed by atoms with van der Waals surface area (Å²) in [7, 11) is 0. The van der Waals surface area contributed by atoms with Crippen LogP contribution in [0.15, 0.2) is 66.0 Å². The Morgan fingerprint density at radius 1 is 1.00 bits per heavy atom. The van der Waals surface area contributed by atoms with E-state index in [0.29, 0.717) is 15.8 Å². The lowest BCUT2D eigenvalue weighted by Crippen LogP contribution is -2.07. The molecule has 0 aliphatic heterocycles. The number of nitrogens with zero attached hydrogens (tertiary/aromatic N) is 3. The Morgan fingerprint density at radius 2 is 1.69 bits per heavy atom. The molecule has 0 aliphatic rings. The van der Waals surface area contributed by atoms with E-state index < -0.39 is 5.97 Å². The third-order valence-corrected chi connectivity index (χ3v) is 4.88. The van der Waals surface area contributed by atoms with Crippen molar-refractivity contribution in [1.82, 2.24) is 14.8 Å². The number of carboxylic acid groups (broad SMARTS) is 1. The van der Waals surface area contributed by atoms with Crippen molar-refractivity contribution in [3.05, 3.63) is 76.8 Å². The van der Waals surface area contributed by atoms with Crippen LogP contribution < -0.4 is 0 Å². The van der Waals surface area contributed by atoms with Crippen molar-refractivity contribution in [3.8, 4) is 27.6 Å². The van der Waals surface area contributed by atoms with Gasteiger partial charge in [-0.1, -0.05) is 54.1 Å². The lowest BCUT2D eigenvalue weighted by atomic mass is 10.1. The van der Waals surface area contributed by atoms with Crippen molar-refractivity contribution in [3.63, 3.8) is 0 Å². The number of thiazole rings is 1. The molecule has 0 radical (unpaired) electrons. The zero-order valence-corrected chi connectivity index (χ0v) is 14.9. The molecule has 0 atom stereocenters. The van der Waals surface area contributed by atoms with E-state index in [2.05, 4.69) is 10.1 Å². The molecular weight excluding hydrogens is 370 g/mol. The van der Waals surface area contributed by atoms with Crippen LogP contribution in [0.1, 0.15) is 10.5 Å². The van der Waals surface area contributed by atoms with E-state index in [1.165, 1.54) is 16.0 Å². The highest BCUT2D eigenvalue weighted by molar-refractivity contribution is 7.12. The van der Waals surface area contributed by atoms with Crippen LogP contribution in [0.2, 0.25) is 5.02 Å². The molecule has 2 aromatic heterocycles. The normalized spacial score (nSPS) is 10.8. The minimum absolute atomic E-state index is 0.0702. The van der Waals surface area contributed by atoms with Crippen molar-refractivity contribution in [1.29, 1.82) is 0 Å². The summed E-state index contributed by atoms with van der Waals surface area (Å²) in [6.45, 7) is 0. The van der Waals surface area contributed by atoms with Crippen LogP contribution in [-0.2, 0) is 0 Å². The van der Waals surface area contributed by atoms with Gasteiger partial charge < -0.3 is 5.11 Å². The number of rotatable bonds is 4. The predicted molar refractivity (Wildman–Crippen MR) is 102 cm³/mol. The van der Waals surface area contributed by atoms with Gasteiger partial charge in [0.15, 0.2) is 5.69 Å². The first-order chi connectivity index (χ1) is 12.6. The topological polar surface area (TPSA) is 68.0 Å². The molecule has 128 valence electrons. The molecule has 7 heteroatoms. The Balaban J connectivity index is 1.77. The van der Waals surface area contributed by atoms with E-state index in [9.17, 15) is 9.90 Å². The van der Waals surface area contributed by atoms with Gasteiger partial charge in [-0.05, 0) is 18.2 Å². The van der Waals surface area contributed by atoms with Gasteiger partial charge in [-0.2, -0.15) is 9.78 Å². The fourth-order valence-electron chi connectivity index (χ4n) is 2.54. The van der Waals surface area contributed by atoms with Crippen LogP contribution >= 0.6 is 22.9 Å². The molecule has 2 aromatic carbocycles. The lowest BCUT2D eigenvalue weighted by molar-refractivity contribution is 0.0687. The van der Waals surface area contributed by atoms with E-state index in [4.69, 9.17) is 11.6 Å². The van der Waals surface area contributed by atoms with E-state index >= 15 is 0 Å². The molecule has 4 rings (SSSR count).